The Morgan fingerprint density at radius 3 is 2.14 bits per heavy atom. The normalized spacial score (nSPS) is 20.7. The quantitative estimate of drug-likeness (QED) is 0.412. The molecule has 1 saturated heterocycles. The van der Waals surface area contributed by atoms with Crippen LogP contribution in [-0.2, 0) is 9.59 Å². The smallest absolute Gasteiger partial charge is 0.335 e. The van der Waals surface area contributed by atoms with Gasteiger partial charge in [0.15, 0.2) is 12.2 Å². The number of carbonyl (C=O) groups is 4. The molecule has 0 saturated carbocycles. The summed E-state index contributed by atoms with van der Waals surface area (Å²) in [5.74, 6) is -3.80. The zero-order valence-corrected chi connectivity index (χ0v) is 15.2. The molecule has 0 bridgehead atoms. The van der Waals surface area contributed by atoms with Gasteiger partial charge in [0.2, 0.25) is 0 Å². The van der Waals surface area contributed by atoms with Crippen molar-refractivity contribution < 1.29 is 39.6 Å². The first-order valence-electron chi connectivity index (χ1n) is 8.66. The van der Waals surface area contributed by atoms with Gasteiger partial charge in [-0.25, -0.2) is 9.59 Å². The van der Waals surface area contributed by atoms with E-state index in [0.717, 1.165) is 24.9 Å². The molecule has 2 aliphatic heterocycles. The minimum atomic E-state index is -2.27. The average Bonchev–Trinajstić information content (AvgIpc) is 2.91. The molecule has 28 heavy (non-hydrogen) atoms. The van der Waals surface area contributed by atoms with Crippen molar-refractivity contribution in [2.75, 3.05) is 13.1 Å². The lowest BCUT2D eigenvalue weighted by molar-refractivity contribution is -0.165. The second kappa shape index (κ2) is 8.91. The van der Waals surface area contributed by atoms with Crippen molar-refractivity contribution in [1.82, 2.24) is 10.2 Å². The summed E-state index contributed by atoms with van der Waals surface area (Å²) >= 11 is 0. The van der Waals surface area contributed by atoms with E-state index in [9.17, 15) is 19.2 Å². The van der Waals surface area contributed by atoms with Gasteiger partial charge in [-0.2, -0.15) is 0 Å². The molecular weight excluding hydrogens is 372 g/mol. The molecule has 1 aromatic rings. The van der Waals surface area contributed by atoms with Gasteiger partial charge in [-0.1, -0.05) is 11.6 Å². The van der Waals surface area contributed by atoms with Crippen molar-refractivity contribution in [2.45, 2.75) is 38.0 Å². The molecule has 2 heterocycles. The molecule has 10 nitrogen and oxygen atoms in total. The van der Waals surface area contributed by atoms with E-state index >= 15 is 0 Å². The molecule has 10 heteroatoms. The lowest BCUT2D eigenvalue weighted by atomic mass is 10.1. The summed E-state index contributed by atoms with van der Waals surface area (Å²) in [6.45, 7) is 3.62. The van der Waals surface area contributed by atoms with E-state index in [4.69, 9.17) is 20.4 Å². The highest BCUT2D eigenvalue weighted by atomic mass is 16.4. The maximum atomic E-state index is 12.3. The van der Waals surface area contributed by atoms with Crippen LogP contribution < -0.4 is 5.32 Å². The van der Waals surface area contributed by atoms with Crippen molar-refractivity contribution in [3.63, 3.8) is 0 Å². The summed E-state index contributed by atoms with van der Waals surface area (Å²) < 4.78 is 0. The maximum Gasteiger partial charge on any atom is 0.335 e. The monoisotopic (exact) mass is 394 g/mol. The number of nitrogens with one attached hydrogen (secondary N) is 1. The Balaban J connectivity index is 0.000000242. The Morgan fingerprint density at radius 2 is 1.64 bits per heavy atom. The van der Waals surface area contributed by atoms with Crippen LogP contribution in [0.3, 0.4) is 0 Å². The van der Waals surface area contributed by atoms with Crippen molar-refractivity contribution in [2.24, 2.45) is 0 Å². The first-order valence-corrected chi connectivity index (χ1v) is 8.66. The Bertz CT molecular complexity index is 770. The number of aliphatic hydroxyl groups is 2. The summed E-state index contributed by atoms with van der Waals surface area (Å²) in [5.41, 5.74) is 2.13. The van der Waals surface area contributed by atoms with Gasteiger partial charge in [0.05, 0.1) is 17.2 Å². The second-order valence-electron chi connectivity index (χ2n) is 6.60. The topological polar surface area (TPSA) is 164 Å². The maximum absolute atomic E-state index is 12.3. The van der Waals surface area contributed by atoms with Gasteiger partial charge in [-0.15, -0.1) is 0 Å². The number of piperidine rings is 1. The summed E-state index contributed by atoms with van der Waals surface area (Å²) in [7, 11) is 0. The van der Waals surface area contributed by atoms with Gasteiger partial charge >= 0.3 is 11.9 Å². The number of rotatable bonds is 4. The van der Waals surface area contributed by atoms with E-state index < -0.39 is 24.1 Å². The number of nitrogens with zero attached hydrogens (tertiary/aromatic N) is 1. The lowest BCUT2D eigenvalue weighted by Crippen LogP contribution is -2.48. The number of imide groups is 1. The van der Waals surface area contributed by atoms with E-state index in [-0.39, 0.29) is 17.9 Å². The van der Waals surface area contributed by atoms with Crippen molar-refractivity contribution >= 4 is 23.8 Å². The highest BCUT2D eigenvalue weighted by Crippen LogP contribution is 2.27. The van der Waals surface area contributed by atoms with Crippen LogP contribution in [0.5, 0.6) is 0 Å². The third-order valence-corrected chi connectivity index (χ3v) is 4.51. The molecule has 2 amide bonds. The SMILES string of the molecule is Cc1ccc2c(c1)C(=O)N([C@@H]1CCCNC1)C2=O.O=C(O)C(O)C(O)C(=O)O. The third-order valence-electron chi connectivity index (χ3n) is 4.51. The predicted molar refractivity (Wildman–Crippen MR) is 94.9 cm³/mol. The van der Waals surface area contributed by atoms with Crippen LogP contribution >= 0.6 is 0 Å². The highest BCUT2D eigenvalue weighted by molar-refractivity contribution is 6.21. The molecule has 0 aliphatic carbocycles. The number of carbonyl (C=O) groups excluding carboxylic acids is 2. The fraction of sp³-hybridized carbons (Fsp3) is 0.444. The number of aliphatic hydroxyl groups excluding tert-OH is 2. The average molecular weight is 394 g/mol. The van der Waals surface area contributed by atoms with Gasteiger partial charge in [0, 0.05) is 6.54 Å². The lowest BCUT2D eigenvalue weighted by Gasteiger charge is -2.29. The number of benzene rings is 1. The van der Waals surface area contributed by atoms with Gasteiger partial charge in [-0.3, -0.25) is 14.5 Å². The predicted octanol–water partition coefficient (Wildman–Crippen LogP) is -0.780. The molecule has 5 N–H and O–H groups in total. The minimum absolute atomic E-state index is 0.00598. The number of aryl methyl sites for hydroxylation is 1. The van der Waals surface area contributed by atoms with Crippen LogP contribution in [0.15, 0.2) is 18.2 Å². The number of carboxylic acid groups (broad SMARTS) is 2. The van der Waals surface area contributed by atoms with Gasteiger partial charge in [0.1, 0.15) is 0 Å². The molecule has 0 radical (unpaired) electrons. The number of hydrogen-bond donors (Lipinski definition) is 5. The van der Waals surface area contributed by atoms with E-state index in [1.165, 1.54) is 4.90 Å². The fourth-order valence-electron chi connectivity index (χ4n) is 3.03. The third kappa shape index (κ3) is 4.53. The van der Waals surface area contributed by atoms with Gasteiger partial charge in [0.25, 0.3) is 11.8 Å². The standard InChI is InChI=1S/C14H16N2O2.C4H6O6/c1-9-4-5-11-12(7-9)14(18)16(13(11)17)10-3-2-6-15-8-10;5-1(3(7)8)2(6)4(9)10/h4-5,7,10,15H,2-3,6,8H2,1H3;1-2,5-6H,(H,7,8)(H,9,10)/t10-;/m1./s1. The summed E-state index contributed by atoms with van der Waals surface area (Å²) in [6, 6.07) is 5.46. The van der Waals surface area contributed by atoms with Crippen LogP contribution in [0.1, 0.15) is 39.1 Å². The van der Waals surface area contributed by atoms with Crippen LogP contribution in [0, 0.1) is 6.92 Å². The van der Waals surface area contributed by atoms with Crippen molar-refractivity contribution in [3.05, 3.63) is 34.9 Å². The Labute approximate surface area is 160 Å². The van der Waals surface area contributed by atoms with Crippen molar-refractivity contribution in [1.29, 1.82) is 0 Å². The fourth-order valence-corrected chi connectivity index (χ4v) is 3.03. The zero-order valence-electron chi connectivity index (χ0n) is 15.2. The largest absolute Gasteiger partial charge is 0.479 e. The van der Waals surface area contributed by atoms with Crippen molar-refractivity contribution in [3.8, 4) is 0 Å². The molecule has 1 fully saturated rings. The first-order chi connectivity index (χ1) is 13.1. The Hall–Kier alpha value is -2.82. The zero-order chi connectivity index (χ0) is 21.0. The molecular formula is C18H22N2O8. The Morgan fingerprint density at radius 1 is 1.07 bits per heavy atom. The van der Waals surface area contributed by atoms with Gasteiger partial charge in [-0.05, 0) is 38.4 Å². The molecule has 2 unspecified atom stereocenters. The van der Waals surface area contributed by atoms with Crippen LogP contribution in [0.2, 0.25) is 0 Å². The van der Waals surface area contributed by atoms with Crippen LogP contribution in [0.25, 0.3) is 0 Å². The molecule has 3 rings (SSSR count). The summed E-state index contributed by atoms with van der Waals surface area (Å²) in [6.07, 6.45) is -2.62. The van der Waals surface area contributed by atoms with E-state index in [0.29, 0.717) is 17.7 Å². The number of fused-ring (bicyclic) bond motifs is 1. The summed E-state index contributed by atoms with van der Waals surface area (Å²) in [5, 5.41) is 35.8. The molecule has 3 atom stereocenters. The second-order valence-corrected chi connectivity index (χ2v) is 6.60. The summed E-state index contributed by atoms with van der Waals surface area (Å²) in [4.78, 5) is 45.6. The first kappa shape index (κ1) is 21.5. The molecule has 1 aromatic carbocycles. The molecule has 0 spiro atoms. The van der Waals surface area contributed by atoms with E-state index in [1.54, 1.807) is 6.07 Å². The molecule has 2 aliphatic rings. The minimum Gasteiger partial charge on any atom is -0.479 e. The number of carboxylic acids is 2. The number of hydrogen-bond acceptors (Lipinski definition) is 7. The number of aliphatic carboxylic acids is 2. The molecule has 152 valence electrons. The van der Waals surface area contributed by atoms with Crippen LogP contribution in [-0.4, -0.2) is 80.4 Å². The highest BCUT2D eigenvalue weighted by Gasteiger charge is 2.40. The van der Waals surface area contributed by atoms with Crippen LogP contribution in [0.4, 0.5) is 0 Å². The molecule has 0 aromatic heterocycles. The Kier molecular flexibility index (Phi) is 6.84. The number of amides is 2. The van der Waals surface area contributed by atoms with Gasteiger partial charge < -0.3 is 25.7 Å². The van der Waals surface area contributed by atoms with E-state index in [2.05, 4.69) is 5.32 Å². The van der Waals surface area contributed by atoms with E-state index in [1.807, 2.05) is 19.1 Å².